The molecule has 2 nitrogen and oxygen atoms in total. The number of aryl methyl sites for hydroxylation is 1. The highest BCUT2D eigenvalue weighted by Crippen LogP contribution is 2.33. The predicted octanol–water partition coefficient (Wildman–Crippen LogP) is 3.98. The molecule has 1 rings (SSSR count). The van der Waals surface area contributed by atoms with Crippen molar-refractivity contribution in [3.63, 3.8) is 0 Å². The van der Waals surface area contributed by atoms with Crippen LogP contribution >= 0.6 is 0 Å². The molecule has 0 unspecified atom stereocenters. The molecule has 0 aliphatic heterocycles. The first-order chi connectivity index (χ1) is 8.68. The van der Waals surface area contributed by atoms with E-state index >= 15 is 0 Å². The molecule has 1 atom stereocenters. The Kier molecular flexibility index (Phi) is 4.75. The van der Waals surface area contributed by atoms with E-state index in [0.29, 0.717) is 17.7 Å². The lowest BCUT2D eigenvalue weighted by Crippen LogP contribution is -2.42. The molecule has 1 aromatic carbocycles. The molecule has 106 valence electrons. The summed E-state index contributed by atoms with van der Waals surface area (Å²) in [5, 5.41) is 9.88. The highest BCUT2D eigenvalue weighted by atomic mass is 19.1. The van der Waals surface area contributed by atoms with Crippen LogP contribution in [0.1, 0.15) is 44.9 Å². The third-order valence-electron chi connectivity index (χ3n) is 3.17. The van der Waals surface area contributed by atoms with Gasteiger partial charge in [-0.25, -0.2) is 4.39 Å². The van der Waals surface area contributed by atoms with Gasteiger partial charge in [0.25, 0.3) is 0 Å². The largest absolute Gasteiger partial charge is 0.389 e. The van der Waals surface area contributed by atoms with E-state index in [2.05, 4.69) is 32.3 Å². The van der Waals surface area contributed by atoms with Gasteiger partial charge in [0, 0.05) is 23.3 Å². The molecule has 3 heteroatoms. The molecule has 0 bridgehead atoms. The van der Waals surface area contributed by atoms with Crippen LogP contribution in [-0.2, 0) is 0 Å². The van der Waals surface area contributed by atoms with Gasteiger partial charge in [-0.1, -0.05) is 6.08 Å². The van der Waals surface area contributed by atoms with E-state index in [9.17, 15) is 9.50 Å². The summed E-state index contributed by atoms with van der Waals surface area (Å²) in [6.45, 7) is 14.1. The van der Waals surface area contributed by atoms with Gasteiger partial charge in [-0.05, 0) is 52.3 Å². The third kappa shape index (κ3) is 3.57. The molecule has 0 heterocycles. The van der Waals surface area contributed by atoms with Crippen molar-refractivity contribution in [2.45, 2.75) is 46.3 Å². The Morgan fingerprint density at radius 2 is 2.00 bits per heavy atom. The summed E-state index contributed by atoms with van der Waals surface area (Å²) in [6.07, 6.45) is 1.11. The van der Waals surface area contributed by atoms with E-state index in [4.69, 9.17) is 0 Å². The van der Waals surface area contributed by atoms with Crippen LogP contribution in [0, 0.1) is 12.7 Å². The van der Waals surface area contributed by atoms with Crippen molar-refractivity contribution < 1.29 is 9.50 Å². The Morgan fingerprint density at radius 3 is 2.42 bits per heavy atom. The zero-order chi connectivity index (χ0) is 14.8. The first-order valence-electron chi connectivity index (χ1n) is 6.55. The summed E-state index contributed by atoms with van der Waals surface area (Å²) in [4.78, 5) is 2.12. The molecule has 0 radical (unpaired) electrons. The van der Waals surface area contributed by atoms with E-state index in [0.717, 1.165) is 5.69 Å². The second kappa shape index (κ2) is 5.74. The summed E-state index contributed by atoms with van der Waals surface area (Å²) in [5.41, 5.74) is 1.92. The van der Waals surface area contributed by atoms with Gasteiger partial charge in [0.05, 0.1) is 6.10 Å². The van der Waals surface area contributed by atoms with Crippen molar-refractivity contribution in [3.8, 4) is 0 Å². The van der Waals surface area contributed by atoms with Crippen molar-refractivity contribution >= 4 is 5.69 Å². The molecule has 0 saturated heterocycles. The number of hydrogen-bond donors (Lipinski definition) is 1. The van der Waals surface area contributed by atoms with Crippen LogP contribution in [0.5, 0.6) is 0 Å². The number of aliphatic hydroxyl groups excluding tert-OH is 1. The Labute approximate surface area is 115 Å². The number of benzene rings is 1. The molecule has 0 saturated carbocycles. The first-order valence-corrected chi connectivity index (χ1v) is 6.55. The highest BCUT2D eigenvalue weighted by Gasteiger charge is 2.25. The molecular weight excluding hydrogens is 241 g/mol. The van der Waals surface area contributed by atoms with Crippen molar-refractivity contribution in [1.82, 2.24) is 0 Å². The maximum atomic E-state index is 13.7. The van der Waals surface area contributed by atoms with E-state index < -0.39 is 6.10 Å². The zero-order valence-electron chi connectivity index (χ0n) is 12.5. The number of rotatable bonds is 4. The Bertz CT molecular complexity index is 461. The zero-order valence-corrected chi connectivity index (χ0v) is 12.5. The lowest BCUT2D eigenvalue weighted by molar-refractivity contribution is 0.199. The van der Waals surface area contributed by atoms with Crippen LogP contribution in [0.4, 0.5) is 10.1 Å². The Balaban J connectivity index is 3.44. The topological polar surface area (TPSA) is 23.5 Å². The fourth-order valence-corrected chi connectivity index (χ4v) is 2.11. The smallest absolute Gasteiger partial charge is 0.126 e. The SMILES string of the molecule is C=CCN(c1cc(C)c(F)cc1[C@@H](C)O)C(C)(C)C. The Hall–Kier alpha value is -1.35. The van der Waals surface area contributed by atoms with Gasteiger partial charge in [0.2, 0.25) is 0 Å². The fraction of sp³-hybridized carbons (Fsp3) is 0.500. The van der Waals surface area contributed by atoms with E-state index in [-0.39, 0.29) is 11.4 Å². The highest BCUT2D eigenvalue weighted by molar-refractivity contribution is 5.58. The molecule has 1 aromatic rings. The van der Waals surface area contributed by atoms with Crippen LogP contribution in [0.2, 0.25) is 0 Å². The molecule has 0 fully saturated rings. The quantitative estimate of drug-likeness (QED) is 0.832. The molecule has 0 amide bonds. The summed E-state index contributed by atoms with van der Waals surface area (Å²) in [5.74, 6) is -0.285. The van der Waals surface area contributed by atoms with Crippen LogP contribution in [0.25, 0.3) is 0 Å². The average Bonchev–Trinajstić information content (AvgIpc) is 2.27. The maximum absolute atomic E-state index is 13.7. The Morgan fingerprint density at radius 1 is 1.42 bits per heavy atom. The molecule has 0 aliphatic carbocycles. The predicted molar refractivity (Wildman–Crippen MR) is 79.1 cm³/mol. The molecule has 19 heavy (non-hydrogen) atoms. The summed E-state index contributed by atoms with van der Waals surface area (Å²) >= 11 is 0. The van der Waals surface area contributed by atoms with Gasteiger partial charge in [0.15, 0.2) is 0 Å². The average molecular weight is 265 g/mol. The van der Waals surface area contributed by atoms with E-state index in [1.807, 2.05) is 6.08 Å². The number of anilines is 1. The van der Waals surface area contributed by atoms with Crippen LogP contribution < -0.4 is 4.90 Å². The third-order valence-corrected chi connectivity index (χ3v) is 3.17. The minimum Gasteiger partial charge on any atom is -0.389 e. The lowest BCUT2D eigenvalue weighted by atomic mass is 9.98. The monoisotopic (exact) mass is 265 g/mol. The van der Waals surface area contributed by atoms with Gasteiger partial charge in [-0.2, -0.15) is 0 Å². The second-order valence-corrected chi connectivity index (χ2v) is 5.91. The normalized spacial score (nSPS) is 13.2. The minimum absolute atomic E-state index is 0.137. The van der Waals surface area contributed by atoms with E-state index in [1.165, 1.54) is 6.07 Å². The molecule has 0 spiro atoms. The molecule has 1 N–H and O–H groups in total. The number of nitrogens with zero attached hydrogens (tertiary/aromatic N) is 1. The summed E-state index contributed by atoms with van der Waals surface area (Å²) in [7, 11) is 0. The van der Waals surface area contributed by atoms with Crippen molar-refractivity contribution in [2.24, 2.45) is 0 Å². The van der Waals surface area contributed by atoms with Crippen LogP contribution in [0.15, 0.2) is 24.8 Å². The van der Waals surface area contributed by atoms with Crippen molar-refractivity contribution in [1.29, 1.82) is 0 Å². The molecule has 0 aromatic heterocycles. The van der Waals surface area contributed by atoms with Crippen molar-refractivity contribution in [2.75, 3.05) is 11.4 Å². The van der Waals surface area contributed by atoms with Crippen molar-refractivity contribution in [3.05, 3.63) is 41.7 Å². The summed E-state index contributed by atoms with van der Waals surface area (Å²) < 4.78 is 13.7. The number of hydrogen-bond acceptors (Lipinski definition) is 2. The first kappa shape index (κ1) is 15.7. The lowest BCUT2D eigenvalue weighted by Gasteiger charge is -2.39. The number of halogens is 1. The van der Waals surface area contributed by atoms with Gasteiger partial charge >= 0.3 is 0 Å². The maximum Gasteiger partial charge on any atom is 0.126 e. The van der Waals surface area contributed by atoms with E-state index in [1.54, 1.807) is 19.9 Å². The standard InChI is InChI=1S/C16H24FNO/c1-7-8-18(16(4,5)6)15-9-11(2)14(17)10-13(15)12(3)19/h7,9-10,12,19H,1,8H2,2-6H3/t12-/m1/s1. The second-order valence-electron chi connectivity index (χ2n) is 5.91. The van der Waals surface area contributed by atoms with Crippen LogP contribution in [-0.4, -0.2) is 17.2 Å². The number of aliphatic hydroxyl groups is 1. The van der Waals surface area contributed by atoms with Gasteiger partial charge < -0.3 is 10.0 Å². The molecule has 0 aliphatic rings. The van der Waals surface area contributed by atoms with Gasteiger partial charge in [0.1, 0.15) is 5.82 Å². The minimum atomic E-state index is -0.709. The van der Waals surface area contributed by atoms with Crippen LogP contribution in [0.3, 0.4) is 0 Å². The van der Waals surface area contributed by atoms with Gasteiger partial charge in [-0.3, -0.25) is 0 Å². The fourth-order valence-electron chi connectivity index (χ4n) is 2.11. The molecular formula is C16H24FNO. The van der Waals surface area contributed by atoms with Gasteiger partial charge in [-0.15, -0.1) is 6.58 Å². The summed E-state index contributed by atoms with van der Waals surface area (Å²) in [6, 6.07) is 3.23.